The van der Waals surface area contributed by atoms with Crippen molar-refractivity contribution < 1.29 is 9.52 Å². The molecule has 0 bridgehead atoms. The monoisotopic (exact) mass is 334 g/mol. The summed E-state index contributed by atoms with van der Waals surface area (Å²) in [6.45, 7) is 10.5. The molecule has 132 valence electrons. The van der Waals surface area contributed by atoms with Crippen LogP contribution < -0.4 is 0 Å². The number of hydrogen-bond donors (Lipinski definition) is 1. The Morgan fingerprint density at radius 1 is 1.33 bits per heavy atom. The van der Waals surface area contributed by atoms with Crippen LogP contribution in [0, 0.1) is 6.92 Å². The van der Waals surface area contributed by atoms with Gasteiger partial charge in [0.15, 0.2) is 0 Å². The molecule has 0 amide bonds. The summed E-state index contributed by atoms with van der Waals surface area (Å²) in [5, 5.41) is 22.8. The highest BCUT2D eigenvalue weighted by Gasteiger charge is 2.35. The highest BCUT2D eigenvalue weighted by atomic mass is 16.4. The van der Waals surface area contributed by atoms with E-state index in [9.17, 15) is 5.11 Å². The van der Waals surface area contributed by atoms with Crippen LogP contribution in [0.15, 0.2) is 16.7 Å². The van der Waals surface area contributed by atoms with Crippen LogP contribution >= 0.6 is 0 Å². The van der Waals surface area contributed by atoms with Gasteiger partial charge in [0.05, 0.1) is 24.4 Å². The smallest absolute Gasteiger partial charge is 0.230 e. The lowest BCUT2D eigenvalue weighted by molar-refractivity contribution is 0.0760. The second-order valence-corrected chi connectivity index (χ2v) is 6.25. The van der Waals surface area contributed by atoms with Gasteiger partial charge in [-0.1, -0.05) is 6.92 Å². The number of aromatic nitrogens is 4. The number of rotatable bonds is 7. The zero-order chi connectivity index (χ0) is 17.1. The minimum Gasteiger partial charge on any atom is -0.424 e. The molecule has 1 fully saturated rings. The van der Waals surface area contributed by atoms with Crippen molar-refractivity contribution in [3.05, 3.63) is 29.7 Å². The number of aliphatic hydroxyl groups excluding tert-OH is 1. The van der Waals surface area contributed by atoms with Crippen LogP contribution in [-0.4, -0.2) is 66.7 Å². The summed E-state index contributed by atoms with van der Waals surface area (Å²) in [4.78, 5) is 4.48. The van der Waals surface area contributed by atoms with E-state index < -0.39 is 0 Å². The van der Waals surface area contributed by atoms with E-state index in [2.05, 4.69) is 38.9 Å². The van der Waals surface area contributed by atoms with E-state index in [0.717, 1.165) is 26.2 Å². The van der Waals surface area contributed by atoms with Crippen LogP contribution in [0.25, 0.3) is 0 Å². The molecule has 8 nitrogen and oxygen atoms in total. The van der Waals surface area contributed by atoms with Crippen molar-refractivity contribution in [3.8, 4) is 0 Å². The van der Waals surface area contributed by atoms with Gasteiger partial charge in [0.2, 0.25) is 11.8 Å². The van der Waals surface area contributed by atoms with Crippen molar-refractivity contribution in [3.63, 3.8) is 0 Å². The molecule has 1 saturated heterocycles. The molecule has 1 aliphatic heterocycles. The minimum absolute atomic E-state index is 0.0696. The van der Waals surface area contributed by atoms with Gasteiger partial charge in [-0.3, -0.25) is 14.5 Å². The predicted octanol–water partition coefficient (Wildman–Crippen LogP) is 0.662. The van der Waals surface area contributed by atoms with Crippen LogP contribution in [0.1, 0.15) is 31.3 Å². The zero-order valence-electron chi connectivity index (χ0n) is 14.6. The second kappa shape index (κ2) is 7.42. The Labute approximate surface area is 142 Å². The largest absolute Gasteiger partial charge is 0.424 e. The first-order chi connectivity index (χ1) is 11.6. The summed E-state index contributed by atoms with van der Waals surface area (Å²) in [6, 6.07) is 2.11. The zero-order valence-corrected chi connectivity index (χ0v) is 14.6. The van der Waals surface area contributed by atoms with Gasteiger partial charge in [0.25, 0.3) is 0 Å². The molecule has 3 heterocycles. The van der Waals surface area contributed by atoms with Crippen LogP contribution in [0.4, 0.5) is 0 Å². The van der Waals surface area contributed by atoms with Gasteiger partial charge in [-0.15, -0.1) is 10.2 Å². The Balaban J connectivity index is 1.63. The molecule has 0 aromatic carbocycles. The third kappa shape index (κ3) is 3.66. The van der Waals surface area contributed by atoms with E-state index in [-0.39, 0.29) is 12.1 Å². The van der Waals surface area contributed by atoms with E-state index >= 15 is 0 Å². The molecular weight excluding hydrogens is 308 g/mol. The van der Waals surface area contributed by atoms with Gasteiger partial charge in [-0.2, -0.15) is 5.10 Å². The number of hydrogen-bond acceptors (Lipinski definition) is 7. The van der Waals surface area contributed by atoms with Crippen molar-refractivity contribution in [1.82, 2.24) is 29.8 Å². The van der Waals surface area contributed by atoms with Crippen molar-refractivity contribution >= 4 is 0 Å². The van der Waals surface area contributed by atoms with Crippen LogP contribution in [0.2, 0.25) is 0 Å². The molecule has 1 aliphatic rings. The Morgan fingerprint density at radius 2 is 2.17 bits per heavy atom. The first kappa shape index (κ1) is 17.1. The van der Waals surface area contributed by atoms with Crippen molar-refractivity contribution in [1.29, 1.82) is 0 Å². The summed E-state index contributed by atoms with van der Waals surface area (Å²) >= 11 is 0. The first-order valence-corrected chi connectivity index (χ1v) is 8.54. The maximum absolute atomic E-state index is 10.5. The highest BCUT2D eigenvalue weighted by Crippen LogP contribution is 2.20. The summed E-state index contributed by atoms with van der Waals surface area (Å²) in [5.74, 6) is 1.17. The number of likely N-dealkylation sites (tertiary alicyclic amines) is 1. The molecule has 8 heteroatoms. The van der Waals surface area contributed by atoms with Gasteiger partial charge < -0.3 is 9.52 Å². The van der Waals surface area contributed by atoms with Gasteiger partial charge in [-0.05, 0) is 19.5 Å². The maximum atomic E-state index is 10.5. The molecule has 0 aliphatic carbocycles. The van der Waals surface area contributed by atoms with Crippen molar-refractivity contribution in [2.24, 2.45) is 0 Å². The summed E-state index contributed by atoms with van der Waals surface area (Å²) in [6.07, 6.45) is 1.45. The molecule has 0 saturated carbocycles. The lowest BCUT2D eigenvalue weighted by Gasteiger charge is -2.28. The van der Waals surface area contributed by atoms with Crippen molar-refractivity contribution in [2.75, 3.05) is 19.6 Å². The molecule has 0 radical (unpaired) electrons. The van der Waals surface area contributed by atoms with E-state index in [4.69, 9.17) is 4.42 Å². The molecule has 3 rings (SSSR count). The lowest BCUT2D eigenvalue weighted by atomic mass is 10.2. The van der Waals surface area contributed by atoms with E-state index in [0.29, 0.717) is 24.9 Å². The molecule has 1 N–H and O–H groups in total. The second-order valence-electron chi connectivity index (χ2n) is 6.25. The summed E-state index contributed by atoms with van der Waals surface area (Å²) in [5.41, 5.74) is 1.18. The summed E-state index contributed by atoms with van der Waals surface area (Å²) in [7, 11) is 0. The third-order valence-corrected chi connectivity index (χ3v) is 4.61. The van der Waals surface area contributed by atoms with Crippen LogP contribution in [0.5, 0.6) is 0 Å². The Hall–Kier alpha value is -1.77. The number of aryl methyl sites for hydroxylation is 2. The van der Waals surface area contributed by atoms with Gasteiger partial charge in [-0.25, -0.2) is 0 Å². The minimum atomic E-state index is -0.382. The molecule has 2 aromatic rings. The fourth-order valence-corrected chi connectivity index (χ4v) is 3.38. The normalized spacial score (nSPS) is 21.9. The van der Waals surface area contributed by atoms with Crippen molar-refractivity contribution in [2.45, 2.75) is 52.6 Å². The van der Waals surface area contributed by atoms with Crippen LogP contribution in [0.3, 0.4) is 0 Å². The SMILES string of the molecule is CCN(Cc1nnc(C)o1)C1CN(Cc2ccnn2CC)C[C@H]1O. The number of likely N-dealkylation sites (N-methyl/N-ethyl adjacent to an activating group) is 1. The molecule has 0 spiro atoms. The quantitative estimate of drug-likeness (QED) is 0.796. The topological polar surface area (TPSA) is 83.5 Å². The van der Waals surface area contributed by atoms with Crippen LogP contribution in [-0.2, 0) is 19.6 Å². The van der Waals surface area contributed by atoms with Gasteiger partial charge in [0, 0.05) is 39.3 Å². The Morgan fingerprint density at radius 3 is 2.83 bits per heavy atom. The van der Waals surface area contributed by atoms with E-state index in [1.54, 1.807) is 6.92 Å². The fourth-order valence-electron chi connectivity index (χ4n) is 3.38. The Kier molecular flexibility index (Phi) is 5.27. The van der Waals surface area contributed by atoms with Gasteiger partial charge in [0.1, 0.15) is 0 Å². The molecule has 1 unspecified atom stereocenters. The molecular formula is C16H26N6O2. The number of β-amino-alcohol motifs (C(OH)–C–C–N with tert-alkyl or cyclic N) is 1. The third-order valence-electron chi connectivity index (χ3n) is 4.61. The average Bonchev–Trinajstić information content (AvgIpc) is 3.26. The molecule has 24 heavy (non-hydrogen) atoms. The summed E-state index contributed by atoms with van der Waals surface area (Å²) < 4.78 is 7.48. The van der Waals surface area contributed by atoms with Gasteiger partial charge >= 0.3 is 0 Å². The lowest BCUT2D eigenvalue weighted by Crippen LogP contribution is -2.42. The highest BCUT2D eigenvalue weighted by molar-refractivity contribution is 5.02. The van der Waals surface area contributed by atoms with E-state index in [1.807, 2.05) is 16.9 Å². The standard InChI is InChI=1S/C16H26N6O2/c1-4-21(11-16-19-18-12(3)24-16)14-9-20(10-15(14)23)8-13-6-7-17-22(13)5-2/h6-7,14-15,23H,4-5,8-11H2,1-3H3/t14?,15-/m1/s1. The Bertz CT molecular complexity index is 655. The molecule has 2 atom stereocenters. The number of aliphatic hydroxyl groups is 1. The fraction of sp³-hybridized carbons (Fsp3) is 0.688. The number of nitrogens with zero attached hydrogens (tertiary/aromatic N) is 6. The van der Waals surface area contributed by atoms with E-state index in [1.165, 1.54) is 5.69 Å². The maximum Gasteiger partial charge on any atom is 0.230 e. The predicted molar refractivity (Wildman–Crippen MR) is 88.1 cm³/mol. The first-order valence-electron chi connectivity index (χ1n) is 8.54. The molecule has 2 aromatic heterocycles. The average molecular weight is 334 g/mol.